The summed E-state index contributed by atoms with van der Waals surface area (Å²) in [6, 6.07) is 10.7. The molecule has 5 nitrogen and oxygen atoms in total. The van der Waals surface area contributed by atoms with Gasteiger partial charge in [0.2, 0.25) is 0 Å². The molecule has 2 aromatic carbocycles. The van der Waals surface area contributed by atoms with E-state index in [1.54, 1.807) is 22.9 Å². The lowest BCUT2D eigenvalue weighted by molar-refractivity contribution is 0.791. The van der Waals surface area contributed by atoms with Crippen molar-refractivity contribution in [2.24, 2.45) is 0 Å². The Kier molecular flexibility index (Phi) is 3.53. The third-order valence-corrected chi connectivity index (χ3v) is 3.64. The van der Waals surface area contributed by atoms with Gasteiger partial charge in [-0.25, -0.2) is 0 Å². The van der Waals surface area contributed by atoms with E-state index in [9.17, 15) is 0 Å². The number of nitrogens with zero attached hydrogens (tertiary/aromatic N) is 4. The van der Waals surface area contributed by atoms with Crippen molar-refractivity contribution in [3.63, 3.8) is 0 Å². The zero-order chi connectivity index (χ0) is 15.0. The molecule has 0 bridgehead atoms. The van der Waals surface area contributed by atoms with E-state index in [4.69, 9.17) is 28.9 Å². The largest absolute Gasteiger partial charge is 0.399 e. The molecule has 0 aliphatic carbocycles. The van der Waals surface area contributed by atoms with Gasteiger partial charge in [-0.3, -0.25) is 0 Å². The van der Waals surface area contributed by atoms with Gasteiger partial charge in [0, 0.05) is 16.3 Å². The lowest BCUT2D eigenvalue weighted by Gasteiger charge is -2.09. The minimum atomic E-state index is 0.476. The number of halogens is 2. The monoisotopic (exact) mass is 319 g/mol. The molecule has 21 heavy (non-hydrogen) atoms. The van der Waals surface area contributed by atoms with Crippen LogP contribution in [0.4, 0.5) is 5.69 Å². The van der Waals surface area contributed by atoms with Gasteiger partial charge < -0.3 is 5.73 Å². The van der Waals surface area contributed by atoms with Crippen LogP contribution in [0.3, 0.4) is 0 Å². The maximum Gasteiger partial charge on any atom is 0.187 e. The topological polar surface area (TPSA) is 69.6 Å². The number of tetrazole rings is 1. The van der Waals surface area contributed by atoms with Crippen LogP contribution in [0.2, 0.25) is 10.0 Å². The number of aromatic nitrogens is 4. The molecule has 0 aliphatic heterocycles. The molecule has 0 fully saturated rings. The molecule has 1 aromatic heterocycles. The van der Waals surface area contributed by atoms with Crippen molar-refractivity contribution in [2.45, 2.75) is 6.92 Å². The molecule has 7 heteroatoms. The highest BCUT2D eigenvalue weighted by atomic mass is 35.5. The highest BCUT2D eigenvalue weighted by Crippen LogP contribution is 2.29. The second-order valence-electron chi connectivity index (χ2n) is 4.58. The second kappa shape index (κ2) is 5.35. The van der Waals surface area contributed by atoms with Crippen LogP contribution in [0, 0.1) is 6.92 Å². The molecule has 0 saturated carbocycles. The first-order valence-electron chi connectivity index (χ1n) is 6.16. The molecule has 0 saturated heterocycles. The highest BCUT2D eigenvalue weighted by molar-refractivity contribution is 6.35. The highest BCUT2D eigenvalue weighted by Gasteiger charge is 2.15. The number of rotatable bonds is 2. The predicted molar refractivity (Wildman–Crippen MR) is 83.8 cm³/mol. The molecular weight excluding hydrogens is 309 g/mol. The number of nitrogens with two attached hydrogens (primary N) is 1. The molecule has 0 spiro atoms. The van der Waals surface area contributed by atoms with E-state index in [1.807, 2.05) is 25.1 Å². The van der Waals surface area contributed by atoms with Crippen LogP contribution in [0.5, 0.6) is 0 Å². The zero-order valence-corrected chi connectivity index (χ0v) is 12.6. The van der Waals surface area contributed by atoms with Gasteiger partial charge in [-0.15, -0.1) is 5.10 Å². The lowest BCUT2D eigenvalue weighted by Crippen LogP contribution is -2.02. The van der Waals surface area contributed by atoms with Crippen LogP contribution in [0.15, 0.2) is 36.4 Å². The van der Waals surface area contributed by atoms with Crippen molar-refractivity contribution in [3.8, 4) is 17.1 Å². The van der Waals surface area contributed by atoms with Gasteiger partial charge in [0.25, 0.3) is 0 Å². The fourth-order valence-corrected chi connectivity index (χ4v) is 2.60. The van der Waals surface area contributed by atoms with E-state index in [1.165, 1.54) is 0 Å². The summed E-state index contributed by atoms with van der Waals surface area (Å²) in [4.78, 5) is 0. The summed E-state index contributed by atoms with van der Waals surface area (Å²) in [6.45, 7) is 1.95. The Morgan fingerprint density at radius 3 is 2.62 bits per heavy atom. The smallest absolute Gasteiger partial charge is 0.187 e. The van der Waals surface area contributed by atoms with E-state index < -0.39 is 0 Å². The summed E-state index contributed by atoms with van der Waals surface area (Å²) in [5.74, 6) is 0.594. The van der Waals surface area contributed by atoms with Crippen LogP contribution in [0.1, 0.15) is 5.56 Å². The summed E-state index contributed by atoms with van der Waals surface area (Å²) in [7, 11) is 0. The number of aryl methyl sites for hydroxylation is 1. The minimum Gasteiger partial charge on any atom is -0.399 e. The Balaban J connectivity index is 2.17. The molecule has 0 unspecified atom stereocenters. The van der Waals surface area contributed by atoms with Gasteiger partial charge in [-0.1, -0.05) is 23.2 Å². The molecular formula is C14H11Cl2N5. The normalized spacial score (nSPS) is 10.8. The molecule has 2 N–H and O–H groups in total. The lowest BCUT2D eigenvalue weighted by atomic mass is 10.1. The average molecular weight is 320 g/mol. The molecule has 106 valence electrons. The SMILES string of the molecule is Cc1cc(N)ccc1-c1nnnn1-c1ccc(Cl)cc1Cl. The van der Waals surface area contributed by atoms with Gasteiger partial charge in [-0.2, -0.15) is 4.68 Å². The average Bonchev–Trinajstić information content (AvgIpc) is 2.87. The van der Waals surface area contributed by atoms with E-state index in [-0.39, 0.29) is 0 Å². The molecule has 0 aliphatic rings. The minimum absolute atomic E-state index is 0.476. The quantitative estimate of drug-likeness (QED) is 0.733. The van der Waals surface area contributed by atoms with Crippen LogP contribution in [-0.2, 0) is 0 Å². The first kappa shape index (κ1) is 13.9. The summed E-state index contributed by atoms with van der Waals surface area (Å²) in [6.07, 6.45) is 0. The van der Waals surface area contributed by atoms with Crippen LogP contribution in [-0.4, -0.2) is 20.2 Å². The number of nitrogen functional groups attached to an aromatic ring is 1. The molecule has 3 aromatic rings. The zero-order valence-electron chi connectivity index (χ0n) is 11.1. The molecule has 0 atom stereocenters. The van der Waals surface area contributed by atoms with Crippen molar-refractivity contribution in [3.05, 3.63) is 52.0 Å². The van der Waals surface area contributed by atoms with E-state index >= 15 is 0 Å². The van der Waals surface area contributed by atoms with Crippen molar-refractivity contribution < 1.29 is 0 Å². The third-order valence-electron chi connectivity index (χ3n) is 3.10. The Morgan fingerprint density at radius 2 is 1.90 bits per heavy atom. The van der Waals surface area contributed by atoms with Gasteiger partial charge in [0.15, 0.2) is 5.82 Å². The van der Waals surface area contributed by atoms with Crippen molar-refractivity contribution >= 4 is 28.9 Å². The second-order valence-corrected chi connectivity index (χ2v) is 5.43. The van der Waals surface area contributed by atoms with Crippen molar-refractivity contribution in [2.75, 3.05) is 5.73 Å². The summed E-state index contributed by atoms with van der Waals surface area (Å²) >= 11 is 12.1. The van der Waals surface area contributed by atoms with Gasteiger partial charge in [-0.05, 0) is 59.3 Å². The fraction of sp³-hybridized carbons (Fsp3) is 0.0714. The van der Waals surface area contributed by atoms with E-state index in [0.29, 0.717) is 27.2 Å². The number of anilines is 1. The molecule has 0 radical (unpaired) electrons. The standard InChI is InChI=1S/C14H11Cl2N5/c1-8-6-10(17)3-4-11(8)14-18-19-20-21(14)13-5-2-9(15)7-12(13)16/h2-7H,17H2,1H3. The first-order valence-corrected chi connectivity index (χ1v) is 6.92. The Bertz CT molecular complexity index is 747. The molecule has 1 heterocycles. The number of hydrogen-bond donors (Lipinski definition) is 1. The van der Waals surface area contributed by atoms with Gasteiger partial charge in [0.05, 0.1) is 10.7 Å². The van der Waals surface area contributed by atoms with Crippen molar-refractivity contribution in [1.82, 2.24) is 20.2 Å². The first-order chi connectivity index (χ1) is 10.1. The fourth-order valence-electron chi connectivity index (χ4n) is 2.11. The van der Waals surface area contributed by atoms with Crippen LogP contribution >= 0.6 is 23.2 Å². The van der Waals surface area contributed by atoms with Crippen molar-refractivity contribution in [1.29, 1.82) is 0 Å². The van der Waals surface area contributed by atoms with Gasteiger partial charge in [0.1, 0.15) is 0 Å². The predicted octanol–water partition coefficient (Wildman–Crippen LogP) is 3.53. The maximum absolute atomic E-state index is 6.22. The van der Waals surface area contributed by atoms with E-state index in [0.717, 1.165) is 11.1 Å². The number of benzene rings is 2. The Labute approximate surface area is 131 Å². The summed E-state index contributed by atoms with van der Waals surface area (Å²) in [5, 5.41) is 12.9. The van der Waals surface area contributed by atoms with E-state index in [2.05, 4.69) is 15.5 Å². The molecule has 3 rings (SSSR count). The Morgan fingerprint density at radius 1 is 1.10 bits per heavy atom. The summed E-state index contributed by atoms with van der Waals surface area (Å²) in [5.41, 5.74) is 9.01. The Hall–Kier alpha value is -2.11. The molecule has 0 amide bonds. The van der Waals surface area contributed by atoms with Gasteiger partial charge >= 0.3 is 0 Å². The van der Waals surface area contributed by atoms with Crippen LogP contribution in [0.25, 0.3) is 17.1 Å². The number of hydrogen-bond acceptors (Lipinski definition) is 4. The van der Waals surface area contributed by atoms with Crippen LogP contribution < -0.4 is 5.73 Å². The maximum atomic E-state index is 6.22. The summed E-state index contributed by atoms with van der Waals surface area (Å²) < 4.78 is 1.58. The third kappa shape index (κ3) is 2.57.